The number of aromatic nitrogens is 1. The maximum atomic E-state index is 5.98. The van der Waals surface area contributed by atoms with Crippen molar-refractivity contribution in [3.05, 3.63) is 38.1 Å². The molecule has 0 atom stereocenters. The van der Waals surface area contributed by atoms with E-state index in [4.69, 9.17) is 16.3 Å². The molecular formula is C11H10BrClN2OS. The van der Waals surface area contributed by atoms with Gasteiger partial charge in [0, 0.05) is 22.1 Å². The van der Waals surface area contributed by atoms with E-state index in [9.17, 15) is 0 Å². The minimum Gasteiger partial charge on any atom is -0.480 e. The largest absolute Gasteiger partial charge is 0.480 e. The van der Waals surface area contributed by atoms with Crippen LogP contribution in [0.3, 0.4) is 0 Å². The van der Waals surface area contributed by atoms with Gasteiger partial charge in [-0.15, -0.1) is 11.3 Å². The van der Waals surface area contributed by atoms with Crippen molar-refractivity contribution in [1.82, 2.24) is 4.98 Å². The molecule has 2 heterocycles. The monoisotopic (exact) mass is 332 g/mol. The molecule has 0 radical (unpaired) electrons. The molecule has 17 heavy (non-hydrogen) atoms. The zero-order valence-corrected chi connectivity index (χ0v) is 12.2. The van der Waals surface area contributed by atoms with Gasteiger partial charge in [0.05, 0.1) is 12.8 Å². The quantitative estimate of drug-likeness (QED) is 0.911. The molecule has 0 bridgehead atoms. The predicted octanol–water partition coefficient (Wildman–Crippen LogP) is 4.18. The van der Waals surface area contributed by atoms with Crippen LogP contribution in [-0.2, 0) is 6.54 Å². The van der Waals surface area contributed by atoms with E-state index in [1.54, 1.807) is 24.6 Å². The van der Waals surface area contributed by atoms with Gasteiger partial charge in [0.2, 0.25) is 5.88 Å². The van der Waals surface area contributed by atoms with E-state index in [1.165, 1.54) is 0 Å². The van der Waals surface area contributed by atoms with Crippen LogP contribution < -0.4 is 10.1 Å². The number of nitrogens with one attached hydrogen (secondary N) is 1. The summed E-state index contributed by atoms with van der Waals surface area (Å²) in [5.41, 5.74) is 0.871. The summed E-state index contributed by atoms with van der Waals surface area (Å²) in [4.78, 5) is 5.26. The number of methoxy groups -OCH3 is 1. The molecule has 0 aromatic carbocycles. The molecule has 0 amide bonds. The number of nitrogens with zero attached hydrogens (tertiary/aromatic N) is 1. The summed E-state index contributed by atoms with van der Waals surface area (Å²) in [5.74, 6) is 0.592. The van der Waals surface area contributed by atoms with E-state index in [-0.39, 0.29) is 0 Å². The van der Waals surface area contributed by atoms with Crippen LogP contribution in [0, 0.1) is 0 Å². The van der Waals surface area contributed by atoms with Crippen molar-refractivity contribution in [2.45, 2.75) is 6.54 Å². The van der Waals surface area contributed by atoms with Crippen molar-refractivity contribution in [3.63, 3.8) is 0 Å². The number of anilines is 1. The van der Waals surface area contributed by atoms with Crippen molar-refractivity contribution >= 4 is 44.6 Å². The summed E-state index contributed by atoms with van der Waals surface area (Å²) < 4.78 is 6.85. The van der Waals surface area contributed by atoms with Gasteiger partial charge in [0.15, 0.2) is 0 Å². The van der Waals surface area contributed by atoms with Crippen molar-refractivity contribution < 1.29 is 4.74 Å². The zero-order valence-electron chi connectivity index (χ0n) is 9.04. The van der Waals surface area contributed by atoms with Crippen LogP contribution in [0.2, 0.25) is 4.34 Å². The number of hydrogen-bond donors (Lipinski definition) is 1. The Morgan fingerprint density at radius 3 is 3.06 bits per heavy atom. The molecule has 0 saturated heterocycles. The highest BCUT2D eigenvalue weighted by Gasteiger charge is 2.06. The number of halogens is 2. The standard InChI is InChI=1S/C11H10BrClN2OS/c1-16-11-9(3-2-4-14-11)15-6-7-5-8(12)10(13)17-7/h2-5,15H,6H2,1H3. The smallest absolute Gasteiger partial charge is 0.237 e. The molecule has 1 N–H and O–H groups in total. The van der Waals surface area contributed by atoms with Crippen LogP contribution in [-0.4, -0.2) is 12.1 Å². The molecule has 0 saturated carbocycles. The fraction of sp³-hybridized carbons (Fsp3) is 0.182. The molecule has 2 aromatic rings. The van der Waals surface area contributed by atoms with Gasteiger partial charge in [-0.25, -0.2) is 4.98 Å². The van der Waals surface area contributed by atoms with Gasteiger partial charge >= 0.3 is 0 Å². The van der Waals surface area contributed by atoms with Gasteiger partial charge in [-0.2, -0.15) is 0 Å². The minimum atomic E-state index is 0.592. The Labute approximate surface area is 117 Å². The maximum absolute atomic E-state index is 5.98. The van der Waals surface area contributed by atoms with Crippen molar-refractivity contribution in [2.75, 3.05) is 12.4 Å². The first-order chi connectivity index (χ1) is 8.20. The number of rotatable bonds is 4. The topological polar surface area (TPSA) is 34.1 Å². The van der Waals surface area contributed by atoms with Gasteiger partial charge in [-0.1, -0.05) is 11.6 Å². The van der Waals surface area contributed by atoms with Crippen LogP contribution in [0.25, 0.3) is 0 Å². The van der Waals surface area contributed by atoms with Crippen LogP contribution in [0.5, 0.6) is 5.88 Å². The minimum absolute atomic E-state index is 0.592. The van der Waals surface area contributed by atoms with Crippen molar-refractivity contribution in [2.24, 2.45) is 0 Å². The van der Waals surface area contributed by atoms with Crippen molar-refractivity contribution in [1.29, 1.82) is 0 Å². The van der Waals surface area contributed by atoms with Crippen LogP contribution >= 0.6 is 38.9 Å². The molecule has 3 nitrogen and oxygen atoms in total. The first kappa shape index (κ1) is 12.7. The third kappa shape index (κ3) is 3.12. The fourth-order valence-corrected chi connectivity index (χ4v) is 3.08. The maximum Gasteiger partial charge on any atom is 0.237 e. The highest BCUT2D eigenvalue weighted by molar-refractivity contribution is 9.10. The molecule has 0 fully saturated rings. The predicted molar refractivity (Wildman–Crippen MR) is 75.1 cm³/mol. The molecule has 0 aliphatic heterocycles. The number of ether oxygens (including phenoxy) is 1. The summed E-state index contributed by atoms with van der Waals surface area (Å²) in [6, 6.07) is 5.79. The van der Waals surface area contributed by atoms with Crippen LogP contribution in [0.15, 0.2) is 28.9 Å². The summed E-state index contributed by atoms with van der Waals surface area (Å²) in [7, 11) is 1.60. The lowest BCUT2D eigenvalue weighted by molar-refractivity contribution is 0.399. The van der Waals surface area contributed by atoms with E-state index in [2.05, 4.69) is 26.2 Å². The van der Waals surface area contributed by atoms with E-state index in [0.29, 0.717) is 12.4 Å². The Bertz CT molecular complexity index is 498. The highest BCUT2D eigenvalue weighted by atomic mass is 79.9. The lowest BCUT2D eigenvalue weighted by atomic mass is 10.4. The Morgan fingerprint density at radius 2 is 2.41 bits per heavy atom. The van der Waals surface area contributed by atoms with E-state index < -0.39 is 0 Å². The third-order valence-electron chi connectivity index (χ3n) is 2.11. The van der Waals surface area contributed by atoms with E-state index in [1.807, 2.05) is 18.2 Å². The molecule has 90 valence electrons. The van der Waals surface area contributed by atoms with Gasteiger partial charge in [0.1, 0.15) is 4.34 Å². The van der Waals surface area contributed by atoms with Gasteiger partial charge in [0.25, 0.3) is 0 Å². The Kier molecular flexibility index (Phi) is 4.25. The zero-order chi connectivity index (χ0) is 12.3. The van der Waals surface area contributed by atoms with Gasteiger partial charge in [-0.3, -0.25) is 0 Å². The molecular weight excluding hydrogens is 324 g/mol. The van der Waals surface area contributed by atoms with E-state index in [0.717, 1.165) is 19.4 Å². The first-order valence-corrected chi connectivity index (χ1v) is 6.86. The van der Waals surface area contributed by atoms with Crippen molar-refractivity contribution in [3.8, 4) is 5.88 Å². The second kappa shape index (κ2) is 5.71. The lowest BCUT2D eigenvalue weighted by Crippen LogP contribution is -2.00. The molecule has 2 aromatic heterocycles. The Balaban J connectivity index is 2.07. The molecule has 2 rings (SSSR count). The highest BCUT2D eigenvalue weighted by Crippen LogP contribution is 2.32. The molecule has 0 aliphatic rings. The molecule has 0 unspecified atom stereocenters. The summed E-state index contributed by atoms with van der Waals surface area (Å²) in [6.07, 6.45) is 1.70. The average molecular weight is 334 g/mol. The second-order valence-corrected chi connectivity index (χ2v) is 5.84. The lowest BCUT2D eigenvalue weighted by Gasteiger charge is -2.08. The third-order valence-corrected chi connectivity index (χ3v) is 4.59. The molecule has 0 aliphatic carbocycles. The normalized spacial score (nSPS) is 10.3. The van der Waals surface area contributed by atoms with Crippen LogP contribution in [0.1, 0.15) is 4.88 Å². The van der Waals surface area contributed by atoms with Gasteiger partial charge < -0.3 is 10.1 Å². The fourth-order valence-electron chi connectivity index (χ4n) is 1.35. The van der Waals surface area contributed by atoms with Crippen LogP contribution in [0.4, 0.5) is 5.69 Å². The molecule has 6 heteroatoms. The second-order valence-electron chi connectivity index (χ2n) is 3.25. The number of pyridine rings is 1. The Morgan fingerprint density at radius 1 is 1.59 bits per heavy atom. The van der Waals surface area contributed by atoms with Gasteiger partial charge in [-0.05, 0) is 34.1 Å². The average Bonchev–Trinajstić information content (AvgIpc) is 2.66. The summed E-state index contributed by atoms with van der Waals surface area (Å²) in [5, 5.41) is 3.26. The SMILES string of the molecule is COc1ncccc1NCc1cc(Br)c(Cl)s1. The summed E-state index contributed by atoms with van der Waals surface area (Å²) >= 11 is 10.9. The summed E-state index contributed by atoms with van der Waals surface area (Å²) in [6.45, 7) is 0.692. The Hall–Kier alpha value is -0.780. The number of thiophene rings is 1. The van der Waals surface area contributed by atoms with E-state index >= 15 is 0 Å². The number of hydrogen-bond acceptors (Lipinski definition) is 4. The molecule has 0 spiro atoms. The first-order valence-electron chi connectivity index (χ1n) is 4.87.